The summed E-state index contributed by atoms with van der Waals surface area (Å²) in [7, 11) is 0. The summed E-state index contributed by atoms with van der Waals surface area (Å²) in [6.07, 6.45) is 7.62. The Balaban J connectivity index is 1.75. The van der Waals surface area contributed by atoms with Crippen LogP contribution in [0.15, 0.2) is 36.4 Å². The lowest BCUT2D eigenvalue weighted by Gasteiger charge is -2.17. The van der Waals surface area contributed by atoms with Gasteiger partial charge in [-0.05, 0) is 43.4 Å². The molecule has 1 amide bonds. The first kappa shape index (κ1) is 12.8. The van der Waals surface area contributed by atoms with Crippen molar-refractivity contribution in [2.75, 3.05) is 6.54 Å². The van der Waals surface area contributed by atoms with Crippen LogP contribution in [0.1, 0.15) is 24.8 Å². The predicted octanol–water partition coefficient (Wildman–Crippen LogP) is 2.84. The lowest BCUT2D eigenvalue weighted by molar-refractivity contribution is -0.125. The third-order valence-electron chi connectivity index (χ3n) is 3.24. The van der Waals surface area contributed by atoms with Gasteiger partial charge in [-0.1, -0.05) is 24.3 Å². The molecule has 1 aromatic rings. The zero-order valence-corrected chi connectivity index (χ0v) is 10.4. The molecule has 1 aliphatic rings. The number of rotatable bonds is 4. The maximum Gasteiger partial charge on any atom is 0.223 e. The molecule has 0 heterocycles. The van der Waals surface area contributed by atoms with Crippen LogP contribution >= 0.6 is 0 Å². The van der Waals surface area contributed by atoms with E-state index in [0.717, 1.165) is 24.8 Å². The van der Waals surface area contributed by atoms with Gasteiger partial charge in [-0.15, -0.1) is 0 Å². The molecule has 0 aliphatic heterocycles. The van der Waals surface area contributed by atoms with Crippen LogP contribution in [0.2, 0.25) is 0 Å². The van der Waals surface area contributed by atoms with Crippen LogP contribution in [0.5, 0.6) is 0 Å². The van der Waals surface area contributed by atoms with Crippen LogP contribution in [0.3, 0.4) is 0 Å². The number of benzene rings is 1. The maximum absolute atomic E-state index is 12.9. The average molecular weight is 247 g/mol. The molecule has 2 rings (SSSR count). The molecular weight excluding hydrogens is 229 g/mol. The summed E-state index contributed by atoms with van der Waals surface area (Å²) in [6, 6.07) is 6.50. The van der Waals surface area contributed by atoms with Gasteiger partial charge in [0.15, 0.2) is 0 Å². The first-order valence-corrected chi connectivity index (χ1v) is 6.43. The van der Waals surface area contributed by atoms with Gasteiger partial charge in [0.25, 0.3) is 0 Å². The summed E-state index contributed by atoms with van der Waals surface area (Å²) in [5.74, 6) is 0.00880. The normalized spacial score (nSPS) is 18.6. The number of amides is 1. The summed E-state index contributed by atoms with van der Waals surface area (Å²) in [5.41, 5.74) is 0.916. The minimum absolute atomic E-state index is 0.113. The second-order valence-electron chi connectivity index (χ2n) is 4.65. The molecule has 0 bridgehead atoms. The lowest BCUT2D eigenvalue weighted by atomic mass is 9.93. The standard InChI is InChI=1S/C15H18FNO/c16-14-8-4-5-12(11-14)9-10-17-15(18)13-6-2-1-3-7-13/h1-2,4-5,8,11,13H,3,6-7,9-10H2,(H,17,18)/t13-/m1/s1. The molecule has 18 heavy (non-hydrogen) atoms. The summed E-state index contributed by atoms with van der Waals surface area (Å²) in [6.45, 7) is 0.572. The molecule has 1 aromatic carbocycles. The SMILES string of the molecule is O=C(NCCc1cccc(F)c1)[C@@H]1CC=CCC1. The van der Waals surface area contributed by atoms with Crippen molar-refractivity contribution in [1.82, 2.24) is 5.32 Å². The molecule has 96 valence electrons. The highest BCUT2D eigenvalue weighted by Gasteiger charge is 2.17. The summed E-state index contributed by atoms with van der Waals surface area (Å²) in [5, 5.41) is 2.93. The number of carbonyl (C=O) groups excluding carboxylic acids is 1. The van der Waals surface area contributed by atoms with Crippen molar-refractivity contribution in [3.05, 3.63) is 47.8 Å². The molecule has 1 N–H and O–H groups in total. The number of allylic oxidation sites excluding steroid dienone is 2. The van der Waals surface area contributed by atoms with Gasteiger partial charge in [0, 0.05) is 12.5 Å². The minimum atomic E-state index is -0.226. The third kappa shape index (κ3) is 3.69. The van der Waals surface area contributed by atoms with E-state index in [1.165, 1.54) is 12.1 Å². The molecule has 0 saturated carbocycles. The largest absolute Gasteiger partial charge is 0.356 e. The van der Waals surface area contributed by atoms with Gasteiger partial charge in [-0.2, -0.15) is 0 Å². The van der Waals surface area contributed by atoms with E-state index < -0.39 is 0 Å². The third-order valence-corrected chi connectivity index (χ3v) is 3.24. The number of hydrogen-bond acceptors (Lipinski definition) is 1. The molecule has 0 saturated heterocycles. The highest BCUT2D eigenvalue weighted by Crippen LogP contribution is 2.17. The van der Waals surface area contributed by atoms with Crippen molar-refractivity contribution in [2.24, 2.45) is 5.92 Å². The lowest BCUT2D eigenvalue weighted by Crippen LogP contribution is -2.32. The Morgan fingerprint density at radius 2 is 2.28 bits per heavy atom. The van der Waals surface area contributed by atoms with E-state index >= 15 is 0 Å². The van der Waals surface area contributed by atoms with E-state index in [-0.39, 0.29) is 17.6 Å². The van der Waals surface area contributed by atoms with Crippen molar-refractivity contribution < 1.29 is 9.18 Å². The highest BCUT2D eigenvalue weighted by atomic mass is 19.1. The van der Waals surface area contributed by atoms with Gasteiger partial charge >= 0.3 is 0 Å². The molecule has 1 aliphatic carbocycles. The van der Waals surface area contributed by atoms with Crippen molar-refractivity contribution in [3.8, 4) is 0 Å². The van der Waals surface area contributed by atoms with E-state index in [9.17, 15) is 9.18 Å². The Morgan fingerprint density at radius 1 is 1.39 bits per heavy atom. The molecular formula is C15H18FNO. The van der Waals surface area contributed by atoms with Crippen molar-refractivity contribution in [1.29, 1.82) is 0 Å². The van der Waals surface area contributed by atoms with Gasteiger partial charge in [0.1, 0.15) is 5.82 Å². The fourth-order valence-corrected chi connectivity index (χ4v) is 2.20. The van der Waals surface area contributed by atoms with Crippen LogP contribution < -0.4 is 5.32 Å². The second-order valence-corrected chi connectivity index (χ2v) is 4.65. The van der Waals surface area contributed by atoms with Gasteiger partial charge < -0.3 is 5.32 Å². The zero-order chi connectivity index (χ0) is 12.8. The van der Waals surface area contributed by atoms with Crippen LogP contribution in [0.4, 0.5) is 4.39 Å². The Labute approximate surface area is 107 Å². The second kappa shape index (κ2) is 6.34. The Kier molecular flexibility index (Phi) is 4.51. The molecule has 2 nitrogen and oxygen atoms in total. The van der Waals surface area contributed by atoms with E-state index in [1.807, 2.05) is 6.07 Å². The van der Waals surface area contributed by atoms with E-state index in [4.69, 9.17) is 0 Å². The van der Waals surface area contributed by atoms with E-state index in [0.29, 0.717) is 13.0 Å². The molecule has 0 spiro atoms. The van der Waals surface area contributed by atoms with Gasteiger partial charge in [0.2, 0.25) is 5.91 Å². The van der Waals surface area contributed by atoms with Crippen LogP contribution in [-0.4, -0.2) is 12.5 Å². The molecule has 0 aromatic heterocycles. The van der Waals surface area contributed by atoms with Crippen LogP contribution in [-0.2, 0) is 11.2 Å². The van der Waals surface area contributed by atoms with Gasteiger partial charge in [-0.25, -0.2) is 4.39 Å². The summed E-state index contributed by atoms with van der Waals surface area (Å²) < 4.78 is 12.9. The number of halogens is 1. The fourth-order valence-electron chi connectivity index (χ4n) is 2.20. The summed E-state index contributed by atoms with van der Waals surface area (Å²) in [4.78, 5) is 11.8. The van der Waals surface area contributed by atoms with E-state index in [2.05, 4.69) is 17.5 Å². The zero-order valence-electron chi connectivity index (χ0n) is 10.4. The summed E-state index contributed by atoms with van der Waals surface area (Å²) >= 11 is 0. The van der Waals surface area contributed by atoms with Crippen LogP contribution in [0.25, 0.3) is 0 Å². The Morgan fingerprint density at radius 3 is 3.00 bits per heavy atom. The monoisotopic (exact) mass is 247 g/mol. The predicted molar refractivity (Wildman–Crippen MR) is 69.6 cm³/mol. The number of carbonyl (C=O) groups is 1. The number of hydrogen-bond donors (Lipinski definition) is 1. The van der Waals surface area contributed by atoms with Gasteiger partial charge in [-0.3, -0.25) is 4.79 Å². The molecule has 0 unspecified atom stereocenters. The molecule has 0 fully saturated rings. The topological polar surface area (TPSA) is 29.1 Å². The first-order valence-electron chi connectivity index (χ1n) is 6.43. The van der Waals surface area contributed by atoms with Crippen molar-refractivity contribution in [3.63, 3.8) is 0 Å². The Bertz CT molecular complexity index is 442. The van der Waals surface area contributed by atoms with E-state index in [1.54, 1.807) is 6.07 Å². The molecule has 1 atom stereocenters. The maximum atomic E-state index is 12.9. The smallest absolute Gasteiger partial charge is 0.223 e. The number of nitrogens with one attached hydrogen (secondary N) is 1. The van der Waals surface area contributed by atoms with Crippen molar-refractivity contribution in [2.45, 2.75) is 25.7 Å². The van der Waals surface area contributed by atoms with Gasteiger partial charge in [0.05, 0.1) is 0 Å². The van der Waals surface area contributed by atoms with Crippen LogP contribution in [0, 0.1) is 11.7 Å². The molecule has 3 heteroatoms. The first-order chi connectivity index (χ1) is 8.75. The fraction of sp³-hybridized carbons (Fsp3) is 0.400. The van der Waals surface area contributed by atoms with Crippen molar-refractivity contribution >= 4 is 5.91 Å². The molecule has 0 radical (unpaired) electrons. The minimum Gasteiger partial charge on any atom is -0.356 e. The Hall–Kier alpha value is -1.64. The highest BCUT2D eigenvalue weighted by molar-refractivity contribution is 5.78. The average Bonchev–Trinajstić information content (AvgIpc) is 2.40. The quantitative estimate of drug-likeness (QED) is 0.814.